The fourth-order valence-corrected chi connectivity index (χ4v) is 3.56. The highest BCUT2D eigenvalue weighted by Gasteiger charge is 2.12. The minimum absolute atomic E-state index is 0.548. The van der Waals surface area contributed by atoms with Crippen LogP contribution in [-0.4, -0.2) is 0 Å². The Bertz CT molecular complexity index is 1070. The molecule has 0 fully saturated rings. The van der Waals surface area contributed by atoms with Gasteiger partial charge in [0.05, 0.1) is 5.03 Å². The van der Waals surface area contributed by atoms with Gasteiger partial charge in [0.25, 0.3) is 0 Å². The second-order valence-corrected chi connectivity index (χ2v) is 7.10. The number of hydrogen-bond acceptors (Lipinski definition) is 1. The van der Waals surface area contributed by atoms with Crippen LogP contribution in [0.2, 0.25) is 0 Å². The summed E-state index contributed by atoms with van der Waals surface area (Å²) in [5, 5.41) is 0.731. The van der Waals surface area contributed by atoms with E-state index in [9.17, 15) is 0 Å². The highest BCUT2D eigenvalue weighted by atomic mass is 35.5. The van der Waals surface area contributed by atoms with Crippen molar-refractivity contribution in [2.24, 2.45) is 0 Å². The smallest absolute Gasteiger partial charge is 0.119 e. The maximum absolute atomic E-state index is 6.87. The van der Waals surface area contributed by atoms with Crippen LogP contribution in [0.3, 0.4) is 0 Å². The van der Waals surface area contributed by atoms with Crippen molar-refractivity contribution in [3.63, 3.8) is 0 Å². The first-order valence-corrected chi connectivity index (χ1v) is 9.97. The van der Waals surface area contributed by atoms with E-state index in [0.717, 1.165) is 38.6 Å². The molecule has 0 amide bonds. The summed E-state index contributed by atoms with van der Waals surface area (Å²) in [4.78, 5) is 0. The predicted molar refractivity (Wildman–Crippen MR) is 122 cm³/mol. The maximum atomic E-state index is 6.87. The third-order valence-corrected chi connectivity index (χ3v) is 5.11. The van der Waals surface area contributed by atoms with E-state index in [-0.39, 0.29) is 0 Å². The van der Waals surface area contributed by atoms with Gasteiger partial charge in [0, 0.05) is 5.57 Å². The van der Waals surface area contributed by atoms with E-state index < -0.39 is 0 Å². The van der Waals surface area contributed by atoms with Crippen molar-refractivity contribution in [1.29, 1.82) is 0 Å². The molecule has 0 aromatic heterocycles. The first-order chi connectivity index (χ1) is 14.3. The van der Waals surface area contributed by atoms with Crippen molar-refractivity contribution in [3.8, 4) is 5.75 Å². The molecule has 0 atom stereocenters. The first kappa shape index (κ1) is 19.0. The molecule has 0 spiro atoms. The Kier molecular flexibility index (Phi) is 6.09. The lowest BCUT2D eigenvalue weighted by molar-refractivity contribution is 0.306. The number of benzene rings is 4. The Hall–Kier alpha value is -3.29. The van der Waals surface area contributed by atoms with Gasteiger partial charge in [-0.1, -0.05) is 115 Å². The summed E-state index contributed by atoms with van der Waals surface area (Å²) >= 11 is 6.87. The van der Waals surface area contributed by atoms with Gasteiger partial charge in [0.15, 0.2) is 0 Å². The zero-order valence-electron chi connectivity index (χ0n) is 16.0. The number of hydrogen-bond donors (Lipinski definition) is 0. The molecule has 0 aliphatic rings. The Balaban J connectivity index is 1.65. The molecule has 0 aliphatic carbocycles. The Morgan fingerprint density at radius 3 is 1.62 bits per heavy atom. The SMILES string of the molecule is ClC(=C(c1ccccc1)c1ccc(OCc2ccccc2)cc1)c1ccccc1. The van der Waals surface area contributed by atoms with Gasteiger partial charge >= 0.3 is 0 Å². The van der Waals surface area contributed by atoms with E-state index in [4.69, 9.17) is 16.3 Å². The Morgan fingerprint density at radius 1 is 0.552 bits per heavy atom. The highest BCUT2D eigenvalue weighted by molar-refractivity contribution is 6.53. The van der Waals surface area contributed by atoms with Crippen LogP contribution in [0.15, 0.2) is 115 Å². The molecule has 1 nitrogen and oxygen atoms in total. The molecule has 4 rings (SSSR count). The standard InChI is InChI=1S/C27H21ClO/c28-27(24-14-8-3-9-15-24)26(22-12-6-2-7-13-22)23-16-18-25(19-17-23)29-20-21-10-4-1-5-11-21/h1-19H,20H2. The van der Waals surface area contributed by atoms with E-state index in [2.05, 4.69) is 36.4 Å². The summed E-state index contributed by atoms with van der Waals surface area (Å²) < 4.78 is 5.93. The molecule has 0 aliphatic heterocycles. The van der Waals surface area contributed by atoms with E-state index >= 15 is 0 Å². The lowest BCUT2D eigenvalue weighted by atomic mass is 9.95. The molecule has 0 unspecified atom stereocenters. The van der Waals surface area contributed by atoms with Crippen molar-refractivity contribution in [2.75, 3.05) is 0 Å². The van der Waals surface area contributed by atoms with Crippen LogP contribution in [0.4, 0.5) is 0 Å². The second-order valence-electron chi connectivity index (χ2n) is 6.72. The van der Waals surface area contributed by atoms with Crippen LogP contribution in [0.1, 0.15) is 22.3 Å². The monoisotopic (exact) mass is 396 g/mol. The molecule has 29 heavy (non-hydrogen) atoms. The minimum Gasteiger partial charge on any atom is -0.489 e. The molecule has 0 radical (unpaired) electrons. The number of ether oxygens (including phenoxy) is 1. The van der Waals surface area contributed by atoms with Gasteiger partial charge in [-0.3, -0.25) is 0 Å². The maximum Gasteiger partial charge on any atom is 0.119 e. The van der Waals surface area contributed by atoms with E-state index in [1.807, 2.05) is 78.9 Å². The molecule has 4 aromatic rings. The average Bonchev–Trinajstić information content (AvgIpc) is 2.81. The third-order valence-electron chi connectivity index (χ3n) is 4.70. The molecule has 0 N–H and O–H groups in total. The van der Waals surface area contributed by atoms with Crippen molar-refractivity contribution in [2.45, 2.75) is 6.61 Å². The van der Waals surface area contributed by atoms with Gasteiger partial charge in [-0.25, -0.2) is 0 Å². The average molecular weight is 397 g/mol. The van der Waals surface area contributed by atoms with Crippen molar-refractivity contribution >= 4 is 22.2 Å². The largest absolute Gasteiger partial charge is 0.489 e. The highest BCUT2D eigenvalue weighted by Crippen LogP contribution is 2.35. The number of halogens is 1. The molecule has 2 heteroatoms. The van der Waals surface area contributed by atoms with Crippen LogP contribution < -0.4 is 4.74 Å². The van der Waals surface area contributed by atoms with E-state index in [0.29, 0.717) is 6.61 Å². The fraction of sp³-hybridized carbons (Fsp3) is 0.0370. The van der Waals surface area contributed by atoms with Gasteiger partial charge in [0.1, 0.15) is 12.4 Å². The third kappa shape index (κ3) is 4.77. The lowest BCUT2D eigenvalue weighted by Crippen LogP contribution is -1.96. The summed E-state index contributed by atoms with van der Waals surface area (Å²) in [6.45, 7) is 0.548. The van der Waals surface area contributed by atoms with Gasteiger partial charge in [-0.15, -0.1) is 0 Å². The molecule has 0 bridgehead atoms. The summed E-state index contributed by atoms with van der Waals surface area (Å²) in [7, 11) is 0. The normalized spacial score (nSPS) is 11.6. The molecule has 0 saturated heterocycles. The zero-order chi connectivity index (χ0) is 19.9. The van der Waals surface area contributed by atoms with Crippen molar-refractivity contribution in [1.82, 2.24) is 0 Å². The van der Waals surface area contributed by atoms with Gasteiger partial charge in [0.2, 0.25) is 0 Å². The van der Waals surface area contributed by atoms with Crippen LogP contribution in [0.5, 0.6) is 5.75 Å². The topological polar surface area (TPSA) is 9.23 Å². The van der Waals surface area contributed by atoms with Gasteiger partial charge < -0.3 is 4.74 Å². The van der Waals surface area contributed by atoms with Gasteiger partial charge in [-0.2, -0.15) is 0 Å². The van der Waals surface area contributed by atoms with Crippen molar-refractivity contribution < 1.29 is 4.74 Å². The Morgan fingerprint density at radius 2 is 1.03 bits per heavy atom. The van der Waals surface area contributed by atoms with Crippen LogP contribution >= 0.6 is 11.6 Å². The molecule has 0 saturated carbocycles. The number of rotatable bonds is 6. The van der Waals surface area contributed by atoms with Crippen LogP contribution in [0, 0.1) is 0 Å². The molecular weight excluding hydrogens is 376 g/mol. The van der Waals surface area contributed by atoms with E-state index in [1.54, 1.807) is 0 Å². The quantitative estimate of drug-likeness (QED) is 0.308. The summed E-state index contributed by atoms with van der Waals surface area (Å²) in [5.74, 6) is 0.834. The van der Waals surface area contributed by atoms with Crippen LogP contribution in [-0.2, 0) is 6.61 Å². The molecular formula is C27H21ClO. The fourth-order valence-electron chi connectivity index (χ4n) is 3.21. The summed E-state index contributed by atoms with van der Waals surface area (Å²) in [5.41, 5.74) is 5.29. The molecule has 0 heterocycles. The predicted octanol–water partition coefficient (Wildman–Crippen LogP) is 7.42. The molecule has 142 valence electrons. The summed E-state index contributed by atoms with van der Waals surface area (Å²) in [6, 6.07) is 38.6. The van der Waals surface area contributed by atoms with Crippen molar-refractivity contribution in [3.05, 3.63) is 138 Å². The van der Waals surface area contributed by atoms with Gasteiger partial charge in [-0.05, 0) is 34.4 Å². The lowest BCUT2D eigenvalue weighted by Gasteiger charge is -2.13. The first-order valence-electron chi connectivity index (χ1n) is 9.59. The minimum atomic E-state index is 0.548. The van der Waals surface area contributed by atoms with E-state index in [1.165, 1.54) is 0 Å². The second kappa shape index (κ2) is 9.27. The van der Waals surface area contributed by atoms with Crippen LogP contribution in [0.25, 0.3) is 10.6 Å². The molecule has 4 aromatic carbocycles. The summed E-state index contributed by atoms with van der Waals surface area (Å²) in [6.07, 6.45) is 0. The zero-order valence-corrected chi connectivity index (χ0v) is 16.7. The Labute approximate surface area is 176 Å².